The van der Waals surface area contributed by atoms with Crippen LogP contribution in [0.3, 0.4) is 0 Å². The zero-order valence-corrected chi connectivity index (χ0v) is 12.2. The Kier molecular flexibility index (Phi) is 4.04. The number of halogens is 2. The summed E-state index contributed by atoms with van der Waals surface area (Å²) in [6.45, 7) is 1.36. The number of carboxylic acids is 1. The van der Waals surface area contributed by atoms with Crippen molar-refractivity contribution in [3.8, 4) is 0 Å². The molecule has 0 saturated carbocycles. The number of hydrogen-bond acceptors (Lipinski definition) is 3. The number of alkyl halides is 1. The van der Waals surface area contributed by atoms with Gasteiger partial charge < -0.3 is 5.11 Å². The van der Waals surface area contributed by atoms with Crippen LogP contribution in [0.15, 0.2) is 17.0 Å². The second kappa shape index (κ2) is 5.31. The Morgan fingerprint density at radius 3 is 2.65 bits per heavy atom. The minimum absolute atomic E-state index is 0.0551. The Balaban J connectivity index is 2.54. The molecule has 1 aliphatic heterocycles. The molecule has 1 saturated heterocycles. The normalized spacial score (nSPS) is 20.2. The van der Waals surface area contributed by atoms with Crippen molar-refractivity contribution < 1.29 is 22.7 Å². The Morgan fingerprint density at radius 2 is 2.15 bits per heavy atom. The molecule has 1 atom stereocenters. The third kappa shape index (κ3) is 2.65. The highest BCUT2D eigenvalue weighted by atomic mass is 35.5. The molecule has 1 aromatic rings. The number of carboxylic acid groups (broad SMARTS) is 1. The highest BCUT2D eigenvalue weighted by Crippen LogP contribution is 2.30. The number of nitrogens with zero attached hydrogens (tertiary/aromatic N) is 1. The number of carbonyl (C=O) groups is 1. The van der Waals surface area contributed by atoms with E-state index in [1.54, 1.807) is 0 Å². The van der Waals surface area contributed by atoms with Crippen molar-refractivity contribution in [3.05, 3.63) is 28.3 Å². The van der Waals surface area contributed by atoms with E-state index < -0.39 is 22.2 Å². The van der Waals surface area contributed by atoms with Gasteiger partial charge in [0.2, 0.25) is 10.0 Å². The van der Waals surface area contributed by atoms with Gasteiger partial charge in [0.15, 0.2) is 0 Å². The molecule has 1 heterocycles. The summed E-state index contributed by atoms with van der Waals surface area (Å²) >= 11 is 5.88. The third-order valence-electron chi connectivity index (χ3n) is 3.25. The number of benzene rings is 1. The minimum atomic E-state index is -3.94. The van der Waals surface area contributed by atoms with E-state index in [4.69, 9.17) is 16.7 Å². The van der Waals surface area contributed by atoms with Crippen LogP contribution in [-0.4, -0.2) is 43.1 Å². The number of sulfonamides is 1. The van der Waals surface area contributed by atoms with Crippen LogP contribution in [0.25, 0.3) is 0 Å². The van der Waals surface area contributed by atoms with E-state index in [1.807, 2.05) is 0 Å². The van der Waals surface area contributed by atoms with Crippen LogP contribution < -0.4 is 0 Å². The Hall–Kier alpha value is -1.18. The molecule has 1 fully saturated rings. The van der Waals surface area contributed by atoms with Crippen molar-refractivity contribution in [2.75, 3.05) is 13.1 Å². The van der Waals surface area contributed by atoms with Crippen LogP contribution in [0, 0.1) is 6.92 Å². The van der Waals surface area contributed by atoms with Gasteiger partial charge >= 0.3 is 5.97 Å². The molecule has 0 aromatic heterocycles. The van der Waals surface area contributed by atoms with Crippen molar-refractivity contribution >= 4 is 27.6 Å². The Labute approximate surface area is 121 Å². The zero-order valence-electron chi connectivity index (χ0n) is 10.6. The topological polar surface area (TPSA) is 74.7 Å². The molecule has 0 amide bonds. The molecule has 8 heteroatoms. The minimum Gasteiger partial charge on any atom is -0.478 e. The molecular weight excluding hydrogens is 309 g/mol. The molecule has 5 nitrogen and oxygen atoms in total. The average molecular weight is 322 g/mol. The molecule has 1 N–H and O–H groups in total. The maximum atomic E-state index is 13.2. The van der Waals surface area contributed by atoms with Gasteiger partial charge in [-0.15, -0.1) is 0 Å². The fraction of sp³-hybridized carbons (Fsp3) is 0.417. The van der Waals surface area contributed by atoms with Crippen molar-refractivity contribution in [1.29, 1.82) is 0 Å². The molecule has 0 radical (unpaired) electrons. The van der Waals surface area contributed by atoms with E-state index >= 15 is 0 Å². The lowest BCUT2D eigenvalue weighted by Gasteiger charge is -2.18. The predicted molar refractivity (Wildman–Crippen MR) is 71.4 cm³/mol. The monoisotopic (exact) mass is 321 g/mol. The van der Waals surface area contributed by atoms with Crippen LogP contribution in [0.1, 0.15) is 22.3 Å². The predicted octanol–water partition coefficient (Wildman–Crippen LogP) is 2.08. The molecule has 0 spiro atoms. The van der Waals surface area contributed by atoms with Crippen LogP contribution >= 0.6 is 11.6 Å². The number of rotatable bonds is 3. The molecule has 1 aromatic carbocycles. The van der Waals surface area contributed by atoms with Crippen LogP contribution in [0.5, 0.6) is 0 Å². The van der Waals surface area contributed by atoms with Gasteiger partial charge in [-0.25, -0.2) is 17.6 Å². The van der Waals surface area contributed by atoms with Crippen LogP contribution in [-0.2, 0) is 10.0 Å². The molecule has 0 aliphatic carbocycles. The SMILES string of the molecule is Cc1c(Cl)cc(C(=O)O)cc1S(=O)(=O)N1CC[C@@H](F)C1. The van der Waals surface area contributed by atoms with Crippen LogP contribution in [0.2, 0.25) is 5.02 Å². The fourth-order valence-electron chi connectivity index (χ4n) is 2.09. The second-order valence-corrected chi connectivity index (χ2v) is 6.95. The quantitative estimate of drug-likeness (QED) is 0.925. The average Bonchev–Trinajstić information content (AvgIpc) is 2.79. The summed E-state index contributed by atoms with van der Waals surface area (Å²) < 4.78 is 39.1. The lowest BCUT2D eigenvalue weighted by Crippen LogP contribution is -2.30. The van der Waals surface area contributed by atoms with E-state index in [0.717, 1.165) is 10.4 Å². The fourth-order valence-corrected chi connectivity index (χ4v) is 4.12. The molecular formula is C12H13ClFNO4S. The van der Waals surface area contributed by atoms with E-state index in [-0.39, 0.29) is 40.6 Å². The first-order chi connectivity index (χ1) is 9.23. The van der Waals surface area contributed by atoms with Gasteiger partial charge in [-0.3, -0.25) is 0 Å². The first-order valence-corrected chi connectivity index (χ1v) is 7.73. The lowest BCUT2D eigenvalue weighted by molar-refractivity contribution is 0.0696. The molecule has 0 unspecified atom stereocenters. The summed E-state index contributed by atoms with van der Waals surface area (Å²) in [4.78, 5) is 10.8. The van der Waals surface area contributed by atoms with Gasteiger partial charge in [0.25, 0.3) is 0 Å². The maximum absolute atomic E-state index is 13.2. The first kappa shape index (κ1) is 15.2. The molecule has 0 bridgehead atoms. The smallest absolute Gasteiger partial charge is 0.335 e. The van der Waals surface area contributed by atoms with E-state index in [1.165, 1.54) is 13.0 Å². The molecule has 2 rings (SSSR count). The van der Waals surface area contributed by atoms with Crippen molar-refractivity contribution in [3.63, 3.8) is 0 Å². The van der Waals surface area contributed by atoms with Gasteiger partial charge in [0, 0.05) is 18.1 Å². The van der Waals surface area contributed by atoms with E-state index in [9.17, 15) is 17.6 Å². The summed E-state index contributed by atoms with van der Waals surface area (Å²) in [6, 6.07) is 2.25. The van der Waals surface area contributed by atoms with Gasteiger partial charge in [-0.2, -0.15) is 4.31 Å². The number of hydrogen-bond donors (Lipinski definition) is 1. The second-order valence-electron chi connectivity index (χ2n) is 4.64. The summed E-state index contributed by atoms with van der Waals surface area (Å²) in [5.74, 6) is -1.27. The molecule has 110 valence electrons. The Morgan fingerprint density at radius 1 is 1.50 bits per heavy atom. The molecule has 1 aliphatic rings. The van der Waals surface area contributed by atoms with Gasteiger partial charge in [0.05, 0.1) is 10.5 Å². The van der Waals surface area contributed by atoms with Crippen molar-refractivity contribution in [1.82, 2.24) is 4.31 Å². The zero-order chi connectivity index (χ0) is 15.1. The summed E-state index contributed by atoms with van der Waals surface area (Å²) in [7, 11) is -3.94. The first-order valence-electron chi connectivity index (χ1n) is 5.91. The Bertz CT molecular complexity index is 662. The summed E-state index contributed by atoms with van der Waals surface area (Å²) in [5, 5.41) is 9.03. The summed E-state index contributed by atoms with van der Waals surface area (Å²) in [6.07, 6.45) is -1.05. The van der Waals surface area contributed by atoms with Gasteiger partial charge in [-0.1, -0.05) is 11.6 Å². The van der Waals surface area contributed by atoms with Crippen molar-refractivity contribution in [2.24, 2.45) is 0 Å². The summed E-state index contributed by atoms with van der Waals surface area (Å²) in [5.41, 5.74) is 0.0501. The standard InChI is InChI=1S/C12H13ClFNO4S/c1-7-10(13)4-8(12(16)17)5-11(7)20(18,19)15-3-2-9(14)6-15/h4-5,9H,2-3,6H2,1H3,(H,16,17)/t9-/m1/s1. The maximum Gasteiger partial charge on any atom is 0.335 e. The lowest BCUT2D eigenvalue weighted by atomic mass is 10.1. The third-order valence-corrected chi connectivity index (χ3v) is 5.64. The number of aromatic carboxylic acids is 1. The van der Waals surface area contributed by atoms with Gasteiger partial charge in [-0.05, 0) is 31.0 Å². The van der Waals surface area contributed by atoms with Crippen molar-refractivity contribution in [2.45, 2.75) is 24.4 Å². The van der Waals surface area contributed by atoms with Crippen LogP contribution in [0.4, 0.5) is 4.39 Å². The van der Waals surface area contributed by atoms with E-state index in [0.29, 0.717) is 0 Å². The van der Waals surface area contributed by atoms with E-state index in [2.05, 4.69) is 0 Å². The highest BCUT2D eigenvalue weighted by molar-refractivity contribution is 7.89. The van der Waals surface area contributed by atoms with Gasteiger partial charge in [0.1, 0.15) is 6.17 Å². The highest BCUT2D eigenvalue weighted by Gasteiger charge is 2.34. The molecule has 20 heavy (non-hydrogen) atoms. The largest absolute Gasteiger partial charge is 0.478 e.